The van der Waals surface area contributed by atoms with E-state index in [0.29, 0.717) is 0 Å². The predicted octanol–water partition coefficient (Wildman–Crippen LogP) is -2.20. The second-order valence-electron chi connectivity index (χ2n) is 5.95. The molecule has 0 spiro atoms. The molecule has 2 aromatic rings. The van der Waals surface area contributed by atoms with Gasteiger partial charge in [-0.1, -0.05) is 0 Å². The summed E-state index contributed by atoms with van der Waals surface area (Å²) < 4.78 is 28.4. The van der Waals surface area contributed by atoms with Crippen LogP contribution >= 0.6 is 7.82 Å². The summed E-state index contributed by atoms with van der Waals surface area (Å²) in [5, 5.41) is 10.5. The third kappa shape index (κ3) is 3.00. The van der Waals surface area contributed by atoms with Crippen LogP contribution in [0.15, 0.2) is 18.5 Å². The molecular formula is C14H16N2NaO6P. The number of phosphoric ester groups is 1. The van der Waals surface area contributed by atoms with Crippen molar-refractivity contribution in [1.82, 2.24) is 9.55 Å². The molecule has 0 aliphatic carbocycles. The molecule has 8 nitrogen and oxygen atoms in total. The van der Waals surface area contributed by atoms with Crippen LogP contribution in [-0.2, 0) is 18.3 Å². The van der Waals surface area contributed by atoms with Crippen molar-refractivity contribution in [3.05, 3.63) is 29.6 Å². The van der Waals surface area contributed by atoms with Crippen molar-refractivity contribution < 1.29 is 57.9 Å². The van der Waals surface area contributed by atoms with Crippen LogP contribution in [0.1, 0.15) is 17.4 Å². The standard InChI is InChI=1S/C14H17N2O6P.Na/c1-7-3-9-10(4-8(7)2)16(6-15-9)14-12(17)13-11(21-14)5-20-23(18,19)22-13;/h3-4,6,11-14,17H,5H2,1-2H3,(H,18,19);/q;+1/p-1. The summed E-state index contributed by atoms with van der Waals surface area (Å²) in [6.07, 6.45) is -1.95. The van der Waals surface area contributed by atoms with Crippen LogP contribution < -0.4 is 34.5 Å². The molecule has 1 aromatic heterocycles. The zero-order valence-corrected chi connectivity index (χ0v) is 16.5. The van der Waals surface area contributed by atoms with E-state index in [1.54, 1.807) is 10.9 Å². The second kappa shape index (κ2) is 6.46. The van der Waals surface area contributed by atoms with E-state index in [2.05, 4.69) is 9.51 Å². The SMILES string of the molecule is Cc1cc2ncn(C3OC4COP(=O)([O-])OC4C3O)c2cc1C.[Na+]. The average Bonchev–Trinajstić information content (AvgIpc) is 3.01. The Labute approximate surface area is 160 Å². The molecule has 2 fully saturated rings. The van der Waals surface area contributed by atoms with Gasteiger partial charge < -0.3 is 28.4 Å². The van der Waals surface area contributed by atoms with Crippen molar-refractivity contribution in [2.75, 3.05) is 6.61 Å². The van der Waals surface area contributed by atoms with Gasteiger partial charge in [0, 0.05) is 0 Å². The molecule has 5 atom stereocenters. The summed E-state index contributed by atoms with van der Waals surface area (Å²) in [4.78, 5) is 15.8. The number of benzene rings is 1. The summed E-state index contributed by atoms with van der Waals surface area (Å²) in [5.74, 6) is 0. The third-order valence-electron chi connectivity index (χ3n) is 4.42. The zero-order chi connectivity index (χ0) is 16.4. The summed E-state index contributed by atoms with van der Waals surface area (Å²) in [7, 11) is -4.37. The molecule has 2 saturated heterocycles. The third-order valence-corrected chi connectivity index (χ3v) is 5.39. The molecule has 10 heteroatoms. The van der Waals surface area contributed by atoms with Gasteiger partial charge in [-0.05, 0) is 37.1 Å². The molecule has 124 valence electrons. The van der Waals surface area contributed by atoms with Crippen LogP contribution in [0.5, 0.6) is 0 Å². The van der Waals surface area contributed by atoms with Crippen molar-refractivity contribution in [3.63, 3.8) is 0 Å². The van der Waals surface area contributed by atoms with E-state index in [1.165, 1.54) is 0 Å². The minimum absolute atomic E-state index is 0. The number of rotatable bonds is 1. The summed E-state index contributed by atoms with van der Waals surface area (Å²) >= 11 is 0. The molecular weight excluding hydrogens is 346 g/mol. The van der Waals surface area contributed by atoms with E-state index in [0.717, 1.165) is 22.2 Å². The van der Waals surface area contributed by atoms with E-state index in [1.807, 2.05) is 26.0 Å². The van der Waals surface area contributed by atoms with Gasteiger partial charge in [0.2, 0.25) is 0 Å². The largest absolute Gasteiger partial charge is 1.00 e. The molecule has 3 heterocycles. The van der Waals surface area contributed by atoms with Crippen molar-refractivity contribution in [2.24, 2.45) is 0 Å². The average molecular weight is 362 g/mol. The quantitative estimate of drug-likeness (QED) is 0.453. The monoisotopic (exact) mass is 362 g/mol. The normalized spacial score (nSPS) is 35.7. The van der Waals surface area contributed by atoms with Gasteiger partial charge in [-0.15, -0.1) is 0 Å². The zero-order valence-electron chi connectivity index (χ0n) is 13.6. The fraction of sp³-hybridized carbons (Fsp3) is 0.500. The van der Waals surface area contributed by atoms with Crippen LogP contribution in [0.4, 0.5) is 0 Å². The first-order valence-corrected chi connectivity index (χ1v) is 8.73. The molecule has 0 amide bonds. The first-order valence-electron chi connectivity index (χ1n) is 7.27. The van der Waals surface area contributed by atoms with Crippen LogP contribution in [-0.4, -0.2) is 39.6 Å². The Morgan fingerprint density at radius 2 is 2.08 bits per heavy atom. The van der Waals surface area contributed by atoms with Gasteiger partial charge >= 0.3 is 29.6 Å². The van der Waals surface area contributed by atoms with E-state index >= 15 is 0 Å². The molecule has 0 radical (unpaired) electrons. The number of fused-ring (bicyclic) bond motifs is 2. The Morgan fingerprint density at radius 3 is 2.83 bits per heavy atom. The molecule has 4 rings (SSSR count). The van der Waals surface area contributed by atoms with Gasteiger partial charge in [0.1, 0.15) is 18.3 Å². The first kappa shape index (κ1) is 18.5. The number of phosphoric acid groups is 1. The maximum Gasteiger partial charge on any atom is 1.00 e. The summed E-state index contributed by atoms with van der Waals surface area (Å²) in [6, 6.07) is 3.92. The van der Waals surface area contributed by atoms with E-state index in [9.17, 15) is 14.6 Å². The topological polar surface area (TPSA) is 106 Å². The second-order valence-corrected chi connectivity index (χ2v) is 7.31. The number of aliphatic hydroxyl groups is 1. The Morgan fingerprint density at radius 1 is 1.38 bits per heavy atom. The molecule has 0 saturated carbocycles. The number of aromatic nitrogens is 2. The van der Waals surface area contributed by atoms with Crippen LogP contribution in [0, 0.1) is 13.8 Å². The molecule has 5 unspecified atom stereocenters. The van der Waals surface area contributed by atoms with Gasteiger partial charge in [-0.3, -0.25) is 4.57 Å². The molecule has 1 aromatic carbocycles. The van der Waals surface area contributed by atoms with Gasteiger partial charge in [-0.2, -0.15) is 0 Å². The van der Waals surface area contributed by atoms with Crippen LogP contribution in [0.3, 0.4) is 0 Å². The fourth-order valence-corrected chi connectivity index (χ4v) is 3.99. The van der Waals surface area contributed by atoms with Gasteiger partial charge in [0.05, 0.1) is 24.0 Å². The summed E-state index contributed by atoms with van der Waals surface area (Å²) in [5.41, 5.74) is 3.80. The number of imidazole rings is 1. The van der Waals surface area contributed by atoms with Crippen molar-refractivity contribution in [2.45, 2.75) is 38.4 Å². The Kier molecular flexibility index (Phi) is 4.99. The number of aryl methyl sites for hydroxylation is 2. The molecule has 24 heavy (non-hydrogen) atoms. The van der Waals surface area contributed by atoms with E-state index in [-0.39, 0.29) is 36.2 Å². The van der Waals surface area contributed by atoms with Crippen molar-refractivity contribution in [1.29, 1.82) is 0 Å². The Balaban J connectivity index is 0.00000169. The van der Waals surface area contributed by atoms with Gasteiger partial charge in [0.15, 0.2) is 6.23 Å². The van der Waals surface area contributed by atoms with Crippen molar-refractivity contribution >= 4 is 18.9 Å². The van der Waals surface area contributed by atoms with Crippen molar-refractivity contribution in [3.8, 4) is 0 Å². The first-order chi connectivity index (χ1) is 10.9. The molecule has 1 N–H and O–H groups in total. The van der Waals surface area contributed by atoms with E-state index < -0.39 is 32.4 Å². The minimum atomic E-state index is -4.37. The van der Waals surface area contributed by atoms with Gasteiger partial charge in [-0.25, -0.2) is 4.98 Å². The summed E-state index contributed by atoms with van der Waals surface area (Å²) in [6.45, 7) is 3.83. The predicted molar refractivity (Wildman–Crippen MR) is 77.6 cm³/mol. The molecule has 2 aliphatic heterocycles. The van der Waals surface area contributed by atoms with Gasteiger partial charge in [0.25, 0.3) is 7.82 Å². The Bertz CT molecular complexity index is 827. The maximum atomic E-state index is 11.4. The van der Waals surface area contributed by atoms with E-state index in [4.69, 9.17) is 9.26 Å². The van der Waals surface area contributed by atoms with Crippen LogP contribution in [0.25, 0.3) is 11.0 Å². The number of aliphatic hydroxyl groups excluding tert-OH is 1. The minimum Gasteiger partial charge on any atom is -0.756 e. The maximum absolute atomic E-state index is 11.4. The number of nitrogens with zero attached hydrogens (tertiary/aromatic N) is 2. The number of hydrogen-bond acceptors (Lipinski definition) is 7. The fourth-order valence-electron chi connectivity index (χ4n) is 3.04. The Hall–Kier alpha value is -0.280. The molecule has 2 aliphatic rings. The van der Waals surface area contributed by atoms with Crippen LogP contribution in [0.2, 0.25) is 0 Å². The number of ether oxygens (including phenoxy) is 1. The smallest absolute Gasteiger partial charge is 0.756 e. The number of hydrogen-bond donors (Lipinski definition) is 1. The molecule has 0 bridgehead atoms.